The molecule has 3 nitrogen and oxygen atoms in total. The number of carboxylic acid groups (broad SMARTS) is 1. The number of carbonyl (C=O) groups is 1. The van der Waals surface area contributed by atoms with Crippen LogP contribution in [0, 0.1) is 0 Å². The highest BCUT2D eigenvalue weighted by molar-refractivity contribution is 6.33. The van der Waals surface area contributed by atoms with E-state index in [0.29, 0.717) is 11.6 Å². The topological polar surface area (TPSA) is 49.3 Å². The highest BCUT2D eigenvalue weighted by Crippen LogP contribution is 2.20. The van der Waals surface area contributed by atoms with Crippen molar-refractivity contribution in [3.05, 3.63) is 40.9 Å². The molecule has 0 heterocycles. The number of hydrogen-bond acceptors (Lipinski definition) is 2. The van der Waals surface area contributed by atoms with Gasteiger partial charge < -0.3 is 10.4 Å². The van der Waals surface area contributed by atoms with Crippen LogP contribution in [0.3, 0.4) is 0 Å². The first-order valence-electron chi connectivity index (χ1n) is 4.48. The second-order valence-electron chi connectivity index (χ2n) is 3.16. The molecule has 0 unspecified atom stereocenters. The van der Waals surface area contributed by atoms with Gasteiger partial charge in [0.1, 0.15) is 0 Å². The van der Waals surface area contributed by atoms with Gasteiger partial charge in [-0.2, -0.15) is 0 Å². The lowest BCUT2D eigenvalue weighted by atomic mass is 10.2. The molecule has 0 aromatic heterocycles. The van der Waals surface area contributed by atoms with Crippen LogP contribution in [0.15, 0.2) is 35.9 Å². The largest absolute Gasteiger partial charge is 0.478 e. The van der Waals surface area contributed by atoms with Gasteiger partial charge in [0, 0.05) is 12.6 Å². The summed E-state index contributed by atoms with van der Waals surface area (Å²) < 4.78 is 0. The van der Waals surface area contributed by atoms with Crippen LogP contribution >= 0.6 is 11.6 Å². The van der Waals surface area contributed by atoms with Crippen molar-refractivity contribution < 1.29 is 9.90 Å². The van der Waals surface area contributed by atoms with E-state index in [1.807, 2.05) is 18.2 Å². The predicted molar refractivity (Wildman–Crippen MR) is 61.3 cm³/mol. The molecular formula is C11H12ClNO2. The Hall–Kier alpha value is -1.48. The first kappa shape index (κ1) is 11.6. The molecule has 15 heavy (non-hydrogen) atoms. The van der Waals surface area contributed by atoms with Crippen molar-refractivity contribution >= 4 is 23.3 Å². The predicted octanol–water partition coefficient (Wildman–Crippen LogP) is 2.78. The van der Waals surface area contributed by atoms with E-state index in [1.165, 1.54) is 6.08 Å². The minimum Gasteiger partial charge on any atom is -0.478 e. The fourth-order valence-electron chi connectivity index (χ4n) is 1.10. The van der Waals surface area contributed by atoms with E-state index in [9.17, 15) is 4.79 Å². The zero-order valence-electron chi connectivity index (χ0n) is 8.33. The number of anilines is 1. The number of halogens is 1. The van der Waals surface area contributed by atoms with Crippen LogP contribution in [-0.4, -0.2) is 17.6 Å². The molecule has 0 aliphatic heterocycles. The third-order valence-corrected chi connectivity index (χ3v) is 2.13. The lowest BCUT2D eigenvalue weighted by Crippen LogP contribution is -2.04. The van der Waals surface area contributed by atoms with Gasteiger partial charge in [0.15, 0.2) is 0 Å². The summed E-state index contributed by atoms with van der Waals surface area (Å²) in [5.41, 5.74) is 1.54. The molecule has 1 rings (SSSR count). The van der Waals surface area contributed by atoms with Gasteiger partial charge in [0.05, 0.1) is 10.7 Å². The van der Waals surface area contributed by atoms with Gasteiger partial charge in [0.2, 0.25) is 0 Å². The molecule has 0 radical (unpaired) electrons. The Kier molecular flexibility index (Phi) is 4.18. The van der Waals surface area contributed by atoms with Crippen molar-refractivity contribution in [2.24, 2.45) is 0 Å². The fourth-order valence-corrected chi connectivity index (χ4v) is 1.30. The normalized spacial score (nSPS) is 11.2. The zero-order valence-corrected chi connectivity index (χ0v) is 9.08. The van der Waals surface area contributed by atoms with Crippen LogP contribution in [-0.2, 0) is 4.79 Å². The van der Waals surface area contributed by atoms with E-state index in [1.54, 1.807) is 13.0 Å². The molecule has 0 spiro atoms. The molecule has 0 fully saturated rings. The third kappa shape index (κ3) is 4.04. The van der Waals surface area contributed by atoms with Crippen molar-refractivity contribution in [2.75, 3.05) is 11.9 Å². The summed E-state index contributed by atoms with van der Waals surface area (Å²) in [5.74, 6) is -0.937. The Balaban J connectivity index is 2.58. The van der Waals surface area contributed by atoms with Gasteiger partial charge in [-0.1, -0.05) is 23.7 Å². The molecule has 0 bridgehead atoms. The number of hydrogen-bond donors (Lipinski definition) is 2. The Bertz CT molecular complexity index is 388. The van der Waals surface area contributed by atoms with Crippen molar-refractivity contribution in [3.8, 4) is 0 Å². The molecule has 1 aromatic rings. The van der Waals surface area contributed by atoms with E-state index in [4.69, 9.17) is 16.7 Å². The molecule has 0 saturated carbocycles. The summed E-state index contributed by atoms with van der Waals surface area (Å²) in [5, 5.41) is 12.2. The zero-order chi connectivity index (χ0) is 11.3. The first-order valence-corrected chi connectivity index (χ1v) is 4.86. The monoisotopic (exact) mass is 225 g/mol. The first-order chi connectivity index (χ1) is 7.09. The van der Waals surface area contributed by atoms with E-state index in [0.717, 1.165) is 11.3 Å². The van der Waals surface area contributed by atoms with Crippen LogP contribution in [0.25, 0.3) is 0 Å². The minimum atomic E-state index is -0.937. The Morgan fingerprint density at radius 2 is 2.20 bits per heavy atom. The van der Waals surface area contributed by atoms with Crippen molar-refractivity contribution in [2.45, 2.75) is 6.92 Å². The summed E-state index contributed by atoms with van der Waals surface area (Å²) in [6.45, 7) is 2.22. The average Bonchev–Trinajstić information content (AvgIpc) is 2.15. The number of nitrogens with one attached hydrogen (secondary N) is 1. The molecule has 0 aliphatic rings. The standard InChI is InChI=1S/C11H12ClNO2/c1-8(6-11(14)15)7-13-10-5-3-2-4-9(10)12/h2-6,13H,7H2,1H3,(H,14,15)/b8-6-. The van der Waals surface area contributed by atoms with E-state index >= 15 is 0 Å². The van der Waals surface area contributed by atoms with Crippen molar-refractivity contribution in [1.29, 1.82) is 0 Å². The van der Waals surface area contributed by atoms with Crippen LogP contribution in [0.2, 0.25) is 5.02 Å². The molecule has 1 aromatic carbocycles. The third-order valence-electron chi connectivity index (χ3n) is 1.80. The summed E-state index contributed by atoms with van der Waals surface area (Å²) in [6, 6.07) is 7.33. The number of para-hydroxylation sites is 1. The lowest BCUT2D eigenvalue weighted by molar-refractivity contribution is -0.131. The van der Waals surface area contributed by atoms with Gasteiger partial charge >= 0.3 is 5.97 Å². The smallest absolute Gasteiger partial charge is 0.328 e. The lowest BCUT2D eigenvalue weighted by Gasteiger charge is -2.07. The quantitative estimate of drug-likeness (QED) is 0.775. The molecule has 2 N–H and O–H groups in total. The highest BCUT2D eigenvalue weighted by atomic mass is 35.5. The highest BCUT2D eigenvalue weighted by Gasteiger charge is 1.98. The molecule has 4 heteroatoms. The van der Waals surface area contributed by atoms with E-state index in [2.05, 4.69) is 5.32 Å². The molecule has 80 valence electrons. The van der Waals surface area contributed by atoms with Gasteiger partial charge in [-0.3, -0.25) is 0 Å². The summed E-state index contributed by atoms with van der Waals surface area (Å²) in [7, 11) is 0. The number of aliphatic carboxylic acids is 1. The average molecular weight is 226 g/mol. The molecule has 0 amide bonds. The molecule has 0 aliphatic carbocycles. The molecular weight excluding hydrogens is 214 g/mol. The van der Waals surface area contributed by atoms with Crippen LogP contribution < -0.4 is 5.32 Å². The van der Waals surface area contributed by atoms with Crippen LogP contribution in [0.4, 0.5) is 5.69 Å². The maximum Gasteiger partial charge on any atom is 0.328 e. The summed E-state index contributed by atoms with van der Waals surface area (Å²) in [6.07, 6.45) is 1.17. The summed E-state index contributed by atoms with van der Waals surface area (Å²) in [4.78, 5) is 10.4. The fraction of sp³-hybridized carbons (Fsp3) is 0.182. The van der Waals surface area contributed by atoms with E-state index in [-0.39, 0.29) is 0 Å². The number of carboxylic acids is 1. The van der Waals surface area contributed by atoms with Crippen LogP contribution in [0.1, 0.15) is 6.92 Å². The van der Waals surface area contributed by atoms with Gasteiger partial charge in [0.25, 0.3) is 0 Å². The molecule has 0 saturated heterocycles. The number of rotatable bonds is 4. The second kappa shape index (κ2) is 5.41. The summed E-state index contributed by atoms with van der Waals surface area (Å²) >= 11 is 5.92. The van der Waals surface area contributed by atoms with Crippen molar-refractivity contribution in [1.82, 2.24) is 0 Å². The maximum atomic E-state index is 10.4. The van der Waals surface area contributed by atoms with Crippen molar-refractivity contribution in [3.63, 3.8) is 0 Å². The van der Waals surface area contributed by atoms with E-state index < -0.39 is 5.97 Å². The van der Waals surface area contributed by atoms with Gasteiger partial charge in [-0.05, 0) is 24.6 Å². The SMILES string of the molecule is C/C(=C/C(=O)O)CNc1ccccc1Cl. The maximum absolute atomic E-state index is 10.4. The Morgan fingerprint density at radius 3 is 2.80 bits per heavy atom. The van der Waals surface area contributed by atoms with Crippen LogP contribution in [0.5, 0.6) is 0 Å². The Morgan fingerprint density at radius 1 is 1.53 bits per heavy atom. The van der Waals surface area contributed by atoms with Gasteiger partial charge in [-0.15, -0.1) is 0 Å². The number of benzene rings is 1. The Labute approximate surface area is 93.4 Å². The van der Waals surface area contributed by atoms with Gasteiger partial charge in [-0.25, -0.2) is 4.79 Å². The second-order valence-corrected chi connectivity index (χ2v) is 3.57. The minimum absolute atomic E-state index is 0.468. The molecule has 0 atom stereocenters.